The molecule has 0 atom stereocenters. The third kappa shape index (κ3) is 13.1. The molecule has 0 unspecified atom stereocenters. The van der Waals surface area contributed by atoms with Crippen LogP contribution in [0.25, 0.3) is 0 Å². The minimum atomic E-state index is -0.543. The molecule has 0 nitrogen and oxygen atoms in total. The zero-order valence-electron chi connectivity index (χ0n) is 4.50. The molecule has 0 bridgehead atoms. The Bertz CT molecular complexity index is 11.6. The molecule has 0 amide bonds. The molecule has 1 heteroatoms. The predicted octanol–water partition coefficient (Wildman–Crippen LogP) is 1.86. The molecule has 0 saturated carbocycles. The Morgan fingerprint density at radius 3 is 1.25 bits per heavy atom. The third-order valence-corrected chi connectivity index (χ3v) is 0. The second-order valence-electron chi connectivity index (χ2n) is 1.50. The Hall–Kier alpha value is 0.883. The van der Waals surface area contributed by atoms with E-state index in [1.165, 1.54) is 0 Å². The molecule has 0 aromatic carbocycles. The van der Waals surface area contributed by atoms with Crippen LogP contribution in [0.1, 0.15) is 1.43 Å². The average molecular weight is 137 g/mol. The van der Waals surface area contributed by atoms with Gasteiger partial charge in [-0.2, -0.15) is 0 Å². The quantitative estimate of drug-likeness (QED) is 0.478. The van der Waals surface area contributed by atoms with E-state index in [4.69, 9.17) is 0 Å². The van der Waals surface area contributed by atoms with Gasteiger partial charge in [0.2, 0.25) is 0 Å². The molecule has 0 N–H and O–H groups in total. The maximum atomic E-state index is 2.36. The van der Waals surface area contributed by atoms with Gasteiger partial charge >= 0.3 is 35.6 Å². The summed E-state index contributed by atoms with van der Waals surface area (Å²) in [6, 6.07) is 0. The van der Waals surface area contributed by atoms with Crippen LogP contribution in [0.4, 0.5) is 0 Å². The maximum Gasteiger partial charge on any atom is -1.00 e. The number of hydrogen-bond acceptors (Lipinski definition) is 0. The van der Waals surface area contributed by atoms with Crippen molar-refractivity contribution in [2.24, 2.45) is 0 Å². The van der Waals surface area contributed by atoms with Gasteiger partial charge in [0, 0.05) is 0 Å². The first-order chi connectivity index (χ1) is 1.73. The molecule has 0 aromatic heterocycles. The van der Waals surface area contributed by atoms with Gasteiger partial charge in [0.05, 0.1) is 0 Å². The van der Waals surface area contributed by atoms with Crippen LogP contribution in [0.2, 0.25) is 13.9 Å². The van der Waals surface area contributed by atoms with Gasteiger partial charge in [-0.3, -0.25) is 0 Å². The minimum Gasteiger partial charge on any atom is -1.00 e. The fourth-order valence-electron chi connectivity index (χ4n) is 0. The van der Waals surface area contributed by atoms with Crippen LogP contribution in [0, 0.1) is 0 Å². The third-order valence-electron chi connectivity index (χ3n) is 0. The Balaban J connectivity index is 0. The second kappa shape index (κ2) is 2.14. The van der Waals surface area contributed by atoms with Gasteiger partial charge in [-0.05, 0) is 0 Å². The normalized spacial score (nSPS) is 6.75. The molecule has 0 aliphatic heterocycles. The summed E-state index contributed by atoms with van der Waals surface area (Å²) >= 11 is -0.543. The van der Waals surface area contributed by atoms with Gasteiger partial charge in [-0.1, -0.05) is 0 Å². The van der Waals surface area contributed by atoms with Crippen LogP contribution in [-0.4, -0.2) is 0 Å². The Morgan fingerprint density at radius 1 is 1.25 bits per heavy atom. The molecule has 0 spiro atoms. The predicted molar refractivity (Wildman–Crippen MR) is 18.7 cm³/mol. The Morgan fingerprint density at radius 2 is 1.25 bits per heavy atom. The van der Waals surface area contributed by atoms with Crippen molar-refractivity contribution >= 4 is 0 Å². The fourth-order valence-corrected chi connectivity index (χ4v) is 0. The van der Waals surface area contributed by atoms with E-state index >= 15 is 0 Å². The molecule has 0 fully saturated rings. The molecule has 0 radical (unpaired) electrons. The van der Waals surface area contributed by atoms with Gasteiger partial charge in [-0.25, -0.2) is 0 Å². The Labute approximate surface area is 37.4 Å². The largest absolute Gasteiger partial charge is 1.00 e. The van der Waals surface area contributed by atoms with Crippen LogP contribution in [0.15, 0.2) is 0 Å². The molecule has 0 heterocycles. The van der Waals surface area contributed by atoms with E-state index in [2.05, 4.69) is 13.9 Å². The molecule has 0 aliphatic carbocycles. The van der Waals surface area contributed by atoms with Gasteiger partial charge in [0.25, 0.3) is 0 Å². The van der Waals surface area contributed by atoms with Crippen LogP contribution < -0.4 is 0 Å². The standard InChI is InChI=1S/3CH3.Zr.H/h3*1H3;;/q;;;;-1. The molecule has 0 saturated heterocycles. The van der Waals surface area contributed by atoms with Gasteiger partial charge in [0.15, 0.2) is 0 Å². The van der Waals surface area contributed by atoms with Crippen molar-refractivity contribution in [1.82, 2.24) is 0 Å². The van der Waals surface area contributed by atoms with Crippen molar-refractivity contribution in [3.8, 4) is 0 Å². The van der Waals surface area contributed by atoms with Crippen molar-refractivity contribution in [3.05, 3.63) is 0 Å². The number of hydrogen-bond donors (Lipinski definition) is 0. The minimum absolute atomic E-state index is 0. The van der Waals surface area contributed by atoms with Crippen LogP contribution in [0.5, 0.6) is 0 Å². The summed E-state index contributed by atoms with van der Waals surface area (Å²) in [5, 5.41) is 0. The van der Waals surface area contributed by atoms with E-state index in [9.17, 15) is 0 Å². The first kappa shape index (κ1) is 4.88. The Kier molecular flexibility index (Phi) is 2.61. The van der Waals surface area contributed by atoms with Gasteiger partial charge < -0.3 is 1.43 Å². The van der Waals surface area contributed by atoms with Gasteiger partial charge in [-0.15, -0.1) is 0 Å². The van der Waals surface area contributed by atoms with Crippen LogP contribution in [0.3, 0.4) is 0 Å². The summed E-state index contributed by atoms with van der Waals surface area (Å²) in [5.41, 5.74) is 0. The summed E-state index contributed by atoms with van der Waals surface area (Å²) in [4.78, 5) is 0. The van der Waals surface area contributed by atoms with Crippen LogP contribution >= 0.6 is 0 Å². The van der Waals surface area contributed by atoms with Crippen molar-refractivity contribution in [2.75, 3.05) is 0 Å². The van der Waals surface area contributed by atoms with Crippen molar-refractivity contribution < 1.29 is 23.2 Å². The zero-order chi connectivity index (χ0) is 3.58. The summed E-state index contributed by atoms with van der Waals surface area (Å²) in [7, 11) is 0. The first-order valence-electron chi connectivity index (χ1n) is 1.50. The van der Waals surface area contributed by atoms with E-state index in [1.54, 1.807) is 0 Å². The van der Waals surface area contributed by atoms with E-state index in [0.717, 1.165) is 0 Å². The van der Waals surface area contributed by atoms with Crippen molar-refractivity contribution in [1.29, 1.82) is 0 Å². The van der Waals surface area contributed by atoms with E-state index in [1.807, 2.05) is 0 Å². The molecule has 0 aromatic rings. The topological polar surface area (TPSA) is 0 Å². The summed E-state index contributed by atoms with van der Waals surface area (Å²) < 4.78 is 7.09. The smallest absolute Gasteiger partial charge is 1.00 e. The molecule has 0 aliphatic rings. The SMILES string of the molecule is [CH3][Zr]([CH3])[CH3].[H-]. The van der Waals surface area contributed by atoms with E-state index < -0.39 is 21.8 Å². The summed E-state index contributed by atoms with van der Waals surface area (Å²) in [5.74, 6) is 0. The zero-order valence-corrected chi connectivity index (χ0v) is 5.96. The molecule has 4 heavy (non-hydrogen) atoms. The maximum absolute atomic E-state index is 2.36. The van der Waals surface area contributed by atoms with Gasteiger partial charge in [0.1, 0.15) is 0 Å². The fraction of sp³-hybridized carbons (Fsp3) is 1.00. The summed E-state index contributed by atoms with van der Waals surface area (Å²) in [6.45, 7) is 0. The van der Waals surface area contributed by atoms with Crippen molar-refractivity contribution in [2.45, 2.75) is 13.9 Å². The second-order valence-corrected chi connectivity index (χ2v) is 8.87. The van der Waals surface area contributed by atoms with E-state index in [0.29, 0.717) is 0 Å². The van der Waals surface area contributed by atoms with Crippen LogP contribution in [-0.2, 0) is 21.8 Å². The molecular formula is C3H10Zr-. The average Bonchev–Trinajstić information content (AvgIpc) is 0.811. The van der Waals surface area contributed by atoms with Crippen molar-refractivity contribution in [3.63, 3.8) is 0 Å². The molecule has 27 valence electrons. The molecular weight excluding hydrogens is 127 g/mol. The summed E-state index contributed by atoms with van der Waals surface area (Å²) in [6.07, 6.45) is 0. The molecule has 0 rings (SSSR count). The monoisotopic (exact) mass is 136 g/mol. The van der Waals surface area contributed by atoms with E-state index in [-0.39, 0.29) is 1.43 Å². The first-order valence-corrected chi connectivity index (χ1v) is 8.87. The number of rotatable bonds is 0.